The molecule has 0 bridgehead atoms. The number of rotatable bonds is 5. The number of amides is 1. The van der Waals surface area contributed by atoms with Crippen LogP contribution in [0.1, 0.15) is 43.9 Å². The second kappa shape index (κ2) is 7.72. The van der Waals surface area contributed by atoms with Crippen LogP contribution in [0.15, 0.2) is 36.5 Å². The van der Waals surface area contributed by atoms with Crippen molar-refractivity contribution in [3.8, 4) is 5.75 Å². The molecule has 0 N–H and O–H groups in total. The first-order valence-electron chi connectivity index (χ1n) is 9.04. The van der Waals surface area contributed by atoms with Crippen molar-refractivity contribution in [2.45, 2.75) is 45.1 Å². The lowest BCUT2D eigenvalue weighted by atomic mass is 9.93. The van der Waals surface area contributed by atoms with Crippen molar-refractivity contribution in [3.05, 3.63) is 47.8 Å². The Bertz CT molecular complexity index is 715. The number of ether oxygens (including phenoxy) is 1. The Labute approximate surface area is 149 Å². The fourth-order valence-electron chi connectivity index (χ4n) is 3.50. The van der Waals surface area contributed by atoms with Gasteiger partial charge in [0.1, 0.15) is 5.75 Å². The number of hydrogen-bond donors (Lipinski definition) is 0. The molecular formula is C20H27N3O2. The van der Waals surface area contributed by atoms with E-state index in [2.05, 4.69) is 11.2 Å². The Hall–Kier alpha value is -2.30. The highest BCUT2D eigenvalue weighted by Crippen LogP contribution is 2.27. The van der Waals surface area contributed by atoms with Crippen LogP contribution in [-0.4, -0.2) is 39.8 Å². The Kier molecular flexibility index (Phi) is 5.41. The summed E-state index contributed by atoms with van der Waals surface area (Å²) in [7, 11) is 1.99. The Balaban J connectivity index is 1.55. The van der Waals surface area contributed by atoms with Gasteiger partial charge in [0.25, 0.3) is 0 Å². The molecule has 1 saturated heterocycles. The quantitative estimate of drug-likeness (QED) is 0.839. The number of carbonyl (C=O) groups is 1. The van der Waals surface area contributed by atoms with E-state index in [9.17, 15) is 4.79 Å². The predicted molar refractivity (Wildman–Crippen MR) is 97.7 cm³/mol. The van der Waals surface area contributed by atoms with Gasteiger partial charge < -0.3 is 9.64 Å². The van der Waals surface area contributed by atoms with Crippen LogP contribution in [0.3, 0.4) is 0 Å². The van der Waals surface area contributed by atoms with Gasteiger partial charge in [-0.2, -0.15) is 5.10 Å². The minimum absolute atomic E-state index is 0.136. The standard InChI is InChI=1S/C20H27N3O2/c1-15(2)25-18-6-4-5-16(13-18)14-20(24)23-11-8-17(9-12-23)19-7-10-21-22(19)3/h4-7,10,13,15,17H,8-9,11-12,14H2,1-3H3. The van der Waals surface area contributed by atoms with Gasteiger partial charge in [-0.05, 0) is 50.5 Å². The van der Waals surface area contributed by atoms with Crippen LogP contribution in [-0.2, 0) is 18.3 Å². The molecule has 0 aliphatic carbocycles. The van der Waals surface area contributed by atoms with Gasteiger partial charge in [-0.3, -0.25) is 9.48 Å². The molecule has 1 fully saturated rings. The third kappa shape index (κ3) is 4.41. The van der Waals surface area contributed by atoms with Crippen molar-refractivity contribution in [1.82, 2.24) is 14.7 Å². The SMILES string of the molecule is CC(C)Oc1cccc(CC(=O)N2CCC(c3ccnn3C)CC2)c1. The molecule has 1 amide bonds. The summed E-state index contributed by atoms with van der Waals surface area (Å²) in [5.41, 5.74) is 2.28. The van der Waals surface area contributed by atoms with E-state index in [-0.39, 0.29) is 12.0 Å². The Morgan fingerprint density at radius 1 is 1.28 bits per heavy atom. The average Bonchev–Trinajstić information content (AvgIpc) is 3.01. The number of hydrogen-bond acceptors (Lipinski definition) is 3. The summed E-state index contributed by atoms with van der Waals surface area (Å²) in [6.45, 7) is 5.64. The smallest absolute Gasteiger partial charge is 0.226 e. The molecule has 25 heavy (non-hydrogen) atoms. The van der Waals surface area contributed by atoms with E-state index in [1.54, 1.807) is 0 Å². The average molecular weight is 341 g/mol. The van der Waals surface area contributed by atoms with Crippen molar-refractivity contribution in [3.63, 3.8) is 0 Å². The molecule has 0 radical (unpaired) electrons. The van der Waals surface area contributed by atoms with E-state index in [4.69, 9.17) is 4.74 Å². The van der Waals surface area contributed by atoms with E-state index in [0.717, 1.165) is 37.2 Å². The first-order chi connectivity index (χ1) is 12.0. The summed E-state index contributed by atoms with van der Waals surface area (Å²) >= 11 is 0. The van der Waals surface area contributed by atoms with Gasteiger partial charge in [0.2, 0.25) is 5.91 Å². The maximum absolute atomic E-state index is 12.6. The third-order valence-electron chi connectivity index (χ3n) is 4.75. The highest BCUT2D eigenvalue weighted by atomic mass is 16.5. The van der Waals surface area contributed by atoms with Crippen molar-refractivity contribution in [2.24, 2.45) is 7.05 Å². The lowest BCUT2D eigenvalue weighted by Gasteiger charge is -2.32. The molecule has 0 unspecified atom stereocenters. The topological polar surface area (TPSA) is 47.4 Å². The molecule has 1 aromatic carbocycles. The molecule has 2 heterocycles. The first kappa shape index (κ1) is 17.5. The largest absolute Gasteiger partial charge is 0.491 e. The molecule has 134 valence electrons. The molecule has 5 nitrogen and oxygen atoms in total. The van der Waals surface area contributed by atoms with E-state index in [0.29, 0.717) is 12.3 Å². The van der Waals surface area contributed by atoms with Gasteiger partial charge in [-0.1, -0.05) is 12.1 Å². The second-order valence-electron chi connectivity index (χ2n) is 7.03. The zero-order valence-corrected chi connectivity index (χ0v) is 15.3. The van der Waals surface area contributed by atoms with Gasteiger partial charge in [-0.15, -0.1) is 0 Å². The maximum atomic E-state index is 12.6. The second-order valence-corrected chi connectivity index (χ2v) is 7.03. The lowest BCUT2D eigenvalue weighted by molar-refractivity contribution is -0.131. The number of nitrogens with zero attached hydrogens (tertiary/aromatic N) is 3. The van der Waals surface area contributed by atoms with Crippen LogP contribution in [0.4, 0.5) is 0 Å². The summed E-state index contributed by atoms with van der Waals surface area (Å²) in [6, 6.07) is 9.94. The third-order valence-corrected chi connectivity index (χ3v) is 4.75. The molecule has 1 aromatic heterocycles. The first-order valence-corrected chi connectivity index (χ1v) is 9.04. The van der Waals surface area contributed by atoms with Gasteiger partial charge in [-0.25, -0.2) is 0 Å². The van der Waals surface area contributed by atoms with Gasteiger partial charge in [0.05, 0.1) is 12.5 Å². The van der Waals surface area contributed by atoms with E-state index >= 15 is 0 Å². The van der Waals surface area contributed by atoms with Crippen molar-refractivity contribution in [1.29, 1.82) is 0 Å². The molecule has 2 aromatic rings. The van der Waals surface area contributed by atoms with Crippen LogP contribution < -0.4 is 4.74 Å². The normalized spacial score (nSPS) is 15.6. The minimum atomic E-state index is 0.136. The highest BCUT2D eigenvalue weighted by Gasteiger charge is 2.25. The zero-order chi connectivity index (χ0) is 17.8. The van der Waals surface area contributed by atoms with Gasteiger partial charge in [0, 0.05) is 37.9 Å². The molecule has 1 aliphatic heterocycles. The van der Waals surface area contributed by atoms with Crippen LogP contribution >= 0.6 is 0 Å². The summed E-state index contributed by atoms with van der Waals surface area (Å²) < 4.78 is 7.66. The fourth-order valence-corrected chi connectivity index (χ4v) is 3.50. The number of aryl methyl sites for hydroxylation is 1. The summed E-state index contributed by atoms with van der Waals surface area (Å²) in [5.74, 6) is 1.53. The van der Waals surface area contributed by atoms with Crippen LogP contribution in [0.5, 0.6) is 5.75 Å². The maximum Gasteiger partial charge on any atom is 0.226 e. The Morgan fingerprint density at radius 2 is 2.04 bits per heavy atom. The number of benzene rings is 1. The summed E-state index contributed by atoms with van der Waals surface area (Å²) in [6.07, 6.45) is 4.42. The van der Waals surface area contributed by atoms with Crippen LogP contribution in [0.2, 0.25) is 0 Å². The number of carbonyl (C=O) groups excluding carboxylic acids is 1. The molecule has 1 aliphatic rings. The van der Waals surface area contributed by atoms with E-state index in [1.165, 1.54) is 5.69 Å². The number of likely N-dealkylation sites (tertiary alicyclic amines) is 1. The highest BCUT2D eigenvalue weighted by molar-refractivity contribution is 5.79. The van der Waals surface area contributed by atoms with Gasteiger partial charge in [0.15, 0.2) is 0 Å². The summed E-state index contributed by atoms with van der Waals surface area (Å²) in [5, 5.41) is 4.25. The monoisotopic (exact) mass is 341 g/mol. The van der Waals surface area contributed by atoms with Crippen LogP contribution in [0.25, 0.3) is 0 Å². The summed E-state index contributed by atoms with van der Waals surface area (Å²) in [4.78, 5) is 14.6. The molecule has 5 heteroatoms. The lowest BCUT2D eigenvalue weighted by Crippen LogP contribution is -2.39. The fraction of sp³-hybridized carbons (Fsp3) is 0.500. The molecule has 0 saturated carbocycles. The zero-order valence-electron chi connectivity index (χ0n) is 15.3. The molecule has 3 rings (SSSR count). The number of aromatic nitrogens is 2. The predicted octanol–water partition coefficient (Wildman–Crippen LogP) is 3.16. The van der Waals surface area contributed by atoms with Crippen molar-refractivity contribution in [2.75, 3.05) is 13.1 Å². The Morgan fingerprint density at radius 3 is 2.68 bits per heavy atom. The minimum Gasteiger partial charge on any atom is -0.491 e. The van der Waals surface area contributed by atoms with Crippen LogP contribution in [0, 0.1) is 0 Å². The molecular weight excluding hydrogens is 314 g/mol. The van der Waals surface area contributed by atoms with E-state index in [1.807, 2.05) is 60.9 Å². The van der Waals surface area contributed by atoms with Crippen molar-refractivity contribution >= 4 is 5.91 Å². The van der Waals surface area contributed by atoms with Gasteiger partial charge >= 0.3 is 0 Å². The molecule has 0 atom stereocenters. The number of piperidine rings is 1. The van der Waals surface area contributed by atoms with Crippen molar-refractivity contribution < 1.29 is 9.53 Å². The molecule has 0 spiro atoms. The van der Waals surface area contributed by atoms with E-state index < -0.39 is 0 Å².